The smallest absolute Gasteiger partial charge is 0.357 e. The van der Waals surface area contributed by atoms with Crippen molar-refractivity contribution in [2.75, 3.05) is 20.8 Å². The van der Waals surface area contributed by atoms with Crippen LogP contribution in [-0.2, 0) is 30.5 Å². The van der Waals surface area contributed by atoms with E-state index in [0.717, 1.165) is 11.3 Å². The third-order valence-corrected chi connectivity index (χ3v) is 6.71. The molecular formula is C26H31FN2O7S. The number of hydrogen-bond donors (Lipinski definition) is 0. The molecule has 2 aromatic heterocycles. The van der Waals surface area contributed by atoms with Gasteiger partial charge in [-0.15, -0.1) is 11.3 Å². The zero-order chi connectivity index (χ0) is 27.4. The van der Waals surface area contributed by atoms with Crippen LogP contribution in [0.15, 0.2) is 29.8 Å². The van der Waals surface area contributed by atoms with E-state index in [1.807, 2.05) is 13.8 Å². The average molecular weight is 535 g/mol. The molecule has 2 heterocycles. The molecule has 0 radical (unpaired) electrons. The number of rotatable bonds is 12. The number of carbonyl (C=O) groups excluding carboxylic acids is 3. The number of thiazole rings is 1. The Labute approximate surface area is 218 Å². The first kappa shape index (κ1) is 28.4. The Hall–Kier alpha value is -3.15. The largest absolute Gasteiger partial charge is 0.464 e. The van der Waals surface area contributed by atoms with Crippen molar-refractivity contribution in [3.63, 3.8) is 0 Å². The van der Waals surface area contributed by atoms with E-state index in [1.165, 1.54) is 41.5 Å². The number of esters is 2. The highest BCUT2D eigenvalue weighted by Crippen LogP contribution is 2.27. The van der Waals surface area contributed by atoms with Gasteiger partial charge in [0.1, 0.15) is 5.82 Å². The molecule has 0 spiro atoms. The van der Waals surface area contributed by atoms with Crippen LogP contribution in [0.2, 0.25) is 0 Å². The highest BCUT2D eigenvalue weighted by Gasteiger charge is 2.26. The van der Waals surface area contributed by atoms with Gasteiger partial charge in [0.05, 0.1) is 42.4 Å². The highest BCUT2D eigenvalue weighted by atomic mass is 32.1. The predicted octanol–water partition coefficient (Wildman–Crippen LogP) is 4.76. The van der Waals surface area contributed by atoms with E-state index < -0.39 is 29.1 Å². The van der Waals surface area contributed by atoms with E-state index >= 15 is 0 Å². The van der Waals surface area contributed by atoms with Crippen LogP contribution in [0, 0.1) is 5.82 Å². The fourth-order valence-corrected chi connectivity index (χ4v) is 4.25. The minimum absolute atomic E-state index is 0.00478. The van der Waals surface area contributed by atoms with Crippen LogP contribution >= 0.6 is 11.3 Å². The van der Waals surface area contributed by atoms with Gasteiger partial charge in [-0.3, -0.25) is 9.59 Å². The van der Waals surface area contributed by atoms with Crippen LogP contribution in [0.3, 0.4) is 0 Å². The summed E-state index contributed by atoms with van der Waals surface area (Å²) < 4.78 is 36.8. The summed E-state index contributed by atoms with van der Waals surface area (Å²) in [6.07, 6.45) is 2.13. The number of hydrogen-bond acceptors (Lipinski definition) is 9. The van der Waals surface area contributed by atoms with E-state index in [2.05, 4.69) is 9.72 Å². The van der Waals surface area contributed by atoms with Crippen LogP contribution in [0.1, 0.15) is 66.4 Å². The first-order chi connectivity index (χ1) is 17.4. The van der Waals surface area contributed by atoms with Crippen molar-refractivity contribution in [3.05, 3.63) is 51.9 Å². The molecule has 1 aromatic carbocycles. The Morgan fingerprint density at radius 3 is 2.51 bits per heavy atom. The second kappa shape index (κ2) is 11.5. The maximum Gasteiger partial charge on any atom is 0.357 e. The van der Waals surface area contributed by atoms with E-state index in [4.69, 9.17) is 14.2 Å². The van der Waals surface area contributed by atoms with Crippen LogP contribution < -0.4 is 0 Å². The van der Waals surface area contributed by atoms with Gasteiger partial charge in [-0.05, 0) is 52.3 Å². The topological polar surface area (TPSA) is 106 Å². The van der Waals surface area contributed by atoms with E-state index in [9.17, 15) is 18.8 Å². The highest BCUT2D eigenvalue weighted by molar-refractivity contribution is 7.12. The van der Waals surface area contributed by atoms with Crippen molar-refractivity contribution < 1.29 is 37.7 Å². The third-order valence-electron chi connectivity index (χ3n) is 5.87. The number of halogens is 1. The summed E-state index contributed by atoms with van der Waals surface area (Å²) in [5, 5.41) is 1.97. The second-order valence-electron chi connectivity index (χ2n) is 9.68. The lowest BCUT2D eigenvalue weighted by molar-refractivity contribution is -0.154. The standard InChI is InChI=1S/C26H31FN2O7S/c1-25(2,34-6)9-10-36-26(3,4)12-21(30)35-15-29-13-18(17-8-7-16(27)11-20(17)29)22(31)23-28-19(14-37-23)24(32)33-5/h7-8,11,13-14H,9-10,12,15H2,1-6H3. The summed E-state index contributed by atoms with van der Waals surface area (Å²) in [6.45, 7) is 7.66. The summed E-state index contributed by atoms with van der Waals surface area (Å²) in [4.78, 5) is 41.5. The first-order valence-corrected chi connectivity index (χ1v) is 12.5. The van der Waals surface area contributed by atoms with Crippen molar-refractivity contribution >= 4 is 40.0 Å². The number of ketones is 1. The lowest BCUT2D eigenvalue weighted by Gasteiger charge is -2.28. The quantitative estimate of drug-likeness (QED) is 0.242. The van der Waals surface area contributed by atoms with Gasteiger partial charge >= 0.3 is 11.9 Å². The van der Waals surface area contributed by atoms with Crippen LogP contribution in [-0.4, -0.2) is 59.3 Å². The number of methoxy groups -OCH3 is 2. The van der Waals surface area contributed by atoms with E-state index in [0.29, 0.717) is 23.9 Å². The van der Waals surface area contributed by atoms with Crippen LogP contribution in [0.25, 0.3) is 10.9 Å². The molecule has 0 saturated heterocycles. The van der Waals surface area contributed by atoms with Crippen molar-refractivity contribution in [3.8, 4) is 0 Å². The molecule has 37 heavy (non-hydrogen) atoms. The molecule has 0 aliphatic heterocycles. The van der Waals surface area contributed by atoms with Crippen molar-refractivity contribution in [1.29, 1.82) is 0 Å². The molecule has 9 nitrogen and oxygen atoms in total. The summed E-state index contributed by atoms with van der Waals surface area (Å²) in [7, 11) is 2.86. The Morgan fingerprint density at radius 1 is 1.11 bits per heavy atom. The Balaban J connectivity index is 1.72. The number of nitrogens with zero attached hydrogens (tertiary/aromatic N) is 2. The minimum Gasteiger partial charge on any atom is -0.464 e. The Bertz CT molecular complexity index is 1300. The number of ether oxygens (including phenoxy) is 4. The van der Waals surface area contributed by atoms with Gasteiger partial charge in [0, 0.05) is 24.1 Å². The molecule has 3 rings (SSSR count). The number of carbonyl (C=O) groups is 3. The van der Waals surface area contributed by atoms with Crippen LogP contribution in [0.5, 0.6) is 0 Å². The van der Waals surface area contributed by atoms with Gasteiger partial charge < -0.3 is 23.5 Å². The predicted molar refractivity (Wildman–Crippen MR) is 135 cm³/mol. The Morgan fingerprint density at radius 2 is 1.84 bits per heavy atom. The molecule has 0 fully saturated rings. The van der Waals surface area contributed by atoms with Gasteiger partial charge in [-0.2, -0.15) is 0 Å². The summed E-state index contributed by atoms with van der Waals surface area (Å²) >= 11 is 0.999. The molecule has 0 aliphatic carbocycles. The molecule has 0 saturated carbocycles. The van der Waals surface area contributed by atoms with Crippen LogP contribution in [0.4, 0.5) is 4.39 Å². The zero-order valence-electron chi connectivity index (χ0n) is 21.8. The third kappa shape index (κ3) is 7.21. The molecule has 3 aromatic rings. The first-order valence-electron chi connectivity index (χ1n) is 11.6. The fourth-order valence-electron chi connectivity index (χ4n) is 3.51. The van der Waals surface area contributed by atoms with Gasteiger partial charge in [0.25, 0.3) is 0 Å². The molecule has 0 N–H and O–H groups in total. The second-order valence-corrected chi connectivity index (χ2v) is 10.5. The SMILES string of the molecule is COC(=O)c1csc(C(=O)c2cn(COC(=O)CC(C)(C)OCCC(C)(C)OC)c3cc(F)ccc23)n1. The van der Waals surface area contributed by atoms with Gasteiger partial charge in [-0.25, -0.2) is 14.2 Å². The summed E-state index contributed by atoms with van der Waals surface area (Å²) in [5.41, 5.74) is -0.472. The summed E-state index contributed by atoms with van der Waals surface area (Å²) in [6, 6.07) is 3.97. The zero-order valence-corrected chi connectivity index (χ0v) is 22.6. The molecule has 0 amide bonds. The Kier molecular flexibility index (Phi) is 8.83. The molecule has 0 atom stereocenters. The lowest BCUT2D eigenvalue weighted by Crippen LogP contribution is -2.32. The van der Waals surface area contributed by atoms with Gasteiger partial charge in [0.15, 0.2) is 17.4 Å². The summed E-state index contributed by atoms with van der Waals surface area (Å²) in [5.74, 6) is -2.12. The molecule has 11 heteroatoms. The fraction of sp³-hybridized carbons (Fsp3) is 0.462. The molecule has 0 bridgehead atoms. The van der Waals surface area contributed by atoms with E-state index in [-0.39, 0.29) is 35.0 Å². The van der Waals surface area contributed by atoms with Gasteiger partial charge in [-0.1, -0.05) is 0 Å². The molecule has 0 unspecified atom stereocenters. The monoisotopic (exact) mass is 534 g/mol. The maximum atomic E-state index is 14.0. The normalized spacial score (nSPS) is 12.1. The van der Waals surface area contributed by atoms with Crippen molar-refractivity contribution in [1.82, 2.24) is 9.55 Å². The minimum atomic E-state index is -0.769. The molecular weight excluding hydrogens is 503 g/mol. The van der Waals surface area contributed by atoms with Crippen molar-refractivity contribution in [2.24, 2.45) is 0 Å². The maximum absolute atomic E-state index is 14.0. The lowest BCUT2D eigenvalue weighted by atomic mass is 10.0. The number of fused-ring (bicyclic) bond motifs is 1. The van der Waals surface area contributed by atoms with Gasteiger partial charge in [0.2, 0.25) is 5.78 Å². The number of aromatic nitrogens is 2. The average Bonchev–Trinajstić information content (AvgIpc) is 3.46. The molecule has 200 valence electrons. The number of benzene rings is 1. The molecule has 0 aliphatic rings. The van der Waals surface area contributed by atoms with Crippen molar-refractivity contribution in [2.45, 2.75) is 58.5 Å². The van der Waals surface area contributed by atoms with E-state index in [1.54, 1.807) is 21.0 Å².